The lowest BCUT2D eigenvalue weighted by molar-refractivity contribution is 0.723. The van der Waals surface area contributed by atoms with Crippen molar-refractivity contribution in [3.05, 3.63) is 229 Å². The first-order valence-corrected chi connectivity index (χ1v) is 21.5. The predicted octanol–water partition coefficient (Wildman–Crippen LogP) is 14.0. The van der Waals surface area contributed by atoms with E-state index < -0.39 is 5.41 Å². The van der Waals surface area contributed by atoms with Gasteiger partial charge in [0, 0.05) is 42.6 Å². The summed E-state index contributed by atoms with van der Waals surface area (Å²) in [6.07, 6.45) is 0. The van der Waals surface area contributed by atoms with Gasteiger partial charge in [0.25, 0.3) is 0 Å². The SMILES string of the molecule is c1ccc(-c2nc(-c3ccccc3)nc(-c3ccc(-n4c5ccccc5c5cc6c(cc54)C4(c5ccccc5Sc5ccccc54)c4ccccc4-6)c4ccccc34)n2)cc1. The molecule has 0 bridgehead atoms. The third-order valence-electron chi connectivity index (χ3n) is 12.7. The van der Waals surface area contributed by atoms with Gasteiger partial charge in [0.05, 0.1) is 22.1 Å². The van der Waals surface area contributed by atoms with E-state index in [9.17, 15) is 0 Å². The summed E-state index contributed by atoms with van der Waals surface area (Å²) < 4.78 is 2.49. The standard InChI is InChI=1S/C56H34N4S/c1-3-17-35(18-4-1)53-57-54(36-19-5-2-6-20-36)59-55(58-53)41-31-32-49(39-23-8-7-21-37(39)41)60-48-28-14-10-24-40(48)43-33-42-38-22-9-11-25-44(38)56(47(42)34-50(43)60)45-26-12-15-29-51(45)61-52-30-16-13-27-46(52)56/h1-34H. The van der Waals surface area contributed by atoms with Gasteiger partial charge in [0.1, 0.15) is 0 Å². The lowest BCUT2D eigenvalue weighted by Crippen LogP contribution is -2.31. The molecule has 0 N–H and O–H groups in total. The van der Waals surface area contributed by atoms with Crippen LogP contribution in [0.2, 0.25) is 0 Å². The minimum absolute atomic E-state index is 0.475. The lowest BCUT2D eigenvalue weighted by Gasteiger charge is -2.39. The van der Waals surface area contributed by atoms with E-state index in [0.717, 1.165) is 33.2 Å². The van der Waals surface area contributed by atoms with Crippen molar-refractivity contribution in [3.63, 3.8) is 0 Å². The fourth-order valence-corrected chi connectivity index (χ4v) is 11.4. The van der Waals surface area contributed by atoms with Crippen LogP contribution in [0, 0.1) is 0 Å². The summed E-state index contributed by atoms with van der Waals surface area (Å²) in [7, 11) is 0. The monoisotopic (exact) mass is 794 g/mol. The van der Waals surface area contributed by atoms with E-state index in [1.807, 2.05) is 48.2 Å². The molecule has 11 aromatic rings. The average molecular weight is 795 g/mol. The Balaban J connectivity index is 1.09. The molecule has 1 aliphatic carbocycles. The molecule has 1 aliphatic heterocycles. The summed E-state index contributed by atoms with van der Waals surface area (Å²) >= 11 is 1.88. The summed E-state index contributed by atoms with van der Waals surface area (Å²) in [6, 6.07) is 74.5. The quantitative estimate of drug-likeness (QED) is 0.178. The van der Waals surface area contributed by atoms with E-state index in [4.69, 9.17) is 15.0 Å². The van der Waals surface area contributed by atoms with Crippen molar-refractivity contribution < 1.29 is 0 Å². The third-order valence-corrected chi connectivity index (χ3v) is 13.9. The van der Waals surface area contributed by atoms with Crippen molar-refractivity contribution in [1.29, 1.82) is 0 Å². The van der Waals surface area contributed by atoms with Gasteiger partial charge in [-0.05, 0) is 81.2 Å². The second-order valence-electron chi connectivity index (χ2n) is 15.9. The van der Waals surface area contributed by atoms with Gasteiger partial charge in [-0.2, -0.15) is 0 Å². The van der Waals surface area contributed by atoms with Gasteiger partial charge < -0.3 is 4.57 Å². The van der Waals surface area contributed by atoms with Crippen LogP contribution in [0.25, 0.3) is 83.6 Å². The number of nitrogens with zero attached hydrogens (tertiary/aromatic N) is 4. The lowest BCUT2D eigenvalue weighted by atomic mass is 9.67. The highest BCUT2D eigenvalue weighted by Gasteiger charge is 2.50. The maximum absolute atomic E-state index is 5.16. The van der Waals surface area contributed by atoms with E-state index in [2.05, 4.69) is 174 Å². The molecule has 3 heterocycles. The molecule has 0 radical (unpaired) electrons. The van der Waals surface area contributed by atoms with E-state index >= 15 is 0 Å². The summed E-state index contributed by atoms with van der Waals surface area (Å²) in [5.74, 6) is 1.93. The van der Waals surface area contributed by atoms with Gasteiger partial charge in [-0.25, -0.2) is 15.0 Å². The molecule has 61 heavy (non-hydrogen) atoms. The van der Waals surface area contributed by atoms with Crippen LogP contribution in [0.5, 0.6) is 0 Å². The topological polar surface area (TPSA) is 43.6 Å². The van der Waals surface area contributed by atoms with E-state index in [1.54, 1.807) is 0 Å². The molecule has 13 rings (SSSR count). The van der Waals surface area contributed by atoms with Crippen molar-refractivity contribution in [3.8, 4) is 51.0 Å². The van der Waals surface area contributed by atoms with Crippen LogP contribution in [0.4, 0.5) is 0 Å². The molecule has 0 saturated heterocycles. The molecule has 4 nitrogen and oxygen atoms in total. The first-order valence-electron chi connectivity index (χ1n) is 20.7. The van der Waals surface area contributed by atoms with Crippen molar-refractivity contribution in [2.75, 3.05) is 0 Å². The number of benzene rings is 9. The van der Waals surface area contributed by atoms with Gasteiger partial charge in [0.2, 0.25) is 0 Å². The Morgan fingerprint density at radius 3 is 1.57 bits per heavy atom. The van der Waals surface area contributed by atoms with Crippen LogP contribution in [-0.4, -0.2) is 19.5 Å². The Morgan fingerprint density at radius 2 is 0.885 bits per heavy atom. The first-order chi connectivity index (χ1) is 30.3. The van der Waals surface area contributed by atoms with E-state index in [1.165, 1.54) is 65.0 Å². The molecule has 284 valence electrons. The molecule has 9 aromatic carbocycles. The number of aromatic nitrogens is 4. The summed E-state index contributed by atoms with van der Waals surface area (Å²) in [5.41, 5.74) is 13.7. The van der Waals surface area contributed by atoms with Gasteiger partial charge >= 0.3 is 0 Å². The van der Waals surface area contributed by atoms with Gasteiger partial charge in [0.15, 0.2) is 17.5 Å². The fourth-order valence-electron chi connectivity index (χ4n) is 10.2. The molecule has 0 saturated carbocycles. The van der Waals surface area contributed by atoms with Crippen molar-refractivity contribution >= 4 is 44.3 Å². The van der Waals surface area contributed by atoms with Crippen molar-refractivity contribution in [2.45, 2.75) is 15.2 Å². The van der Waals surface area contributed by atoms with Crippen LogP contribution in [0.15, 0.2) is 216 Å². The maximum atomic E-state index is 5.16. The van der Waals surface area contributed by atoms with Crippen LogP contribution in [-0.2, 0) is 5.41 Å². The molecule has 0 unspecified atom stereocenters. The van der Waals surface area contributed by atoms with Gasteiger partial charge in [-0.3, -0.25) is 0 Å². The zero-order valence-corrected chi connectivity index (χ0v) is 33.6. The number of hydrogen-bond acceptors (Lipinski definition) is 4. The highest BCUT2D eigenvalue weighted by atomic mass is 32.2. The Hall–Kier alpha value is -7.60. The minimum atomic E-state index is -0.475. The number of rotatable bonds is 4. The normalized spacial score (nSPS) is 13.3. The van der Waals surface area contributed by atoms with Gasteiger partial charge in [-0.1, -0.05) is 176 Å². The molecule has 2 aromatic heterocycles. The van der Waals surface area contributed by atoms with Gasteiger partial charge in [-0.15, -0.1) is 0 Å². The minimum Gasteiger partial charge on any atom is -0.309 e. The van der Waals surface area contributed by atoms with Crippen LogP contribution < -0.4 is 0 Å². The summed E-state index contributed by atoms with van der Waals surface area (Å²) in [4.78, 5) is 17.9. The van der Waals surface area contributed by atoms with E-state index in [-0.39, 0.29) is 0 Å². The number of para-hydroxylation sites is 1. The molecular weight excluding hydrogens is 761 g/mol. The smallest absolute Gasteiger partial charge is 0.164 e. The molecule has 5 heteroatoms. The second kappa shape index (κ2) is 13.2. The Labute approximate surface area is 356 Å². The number of hydrogen-bond donors (Lipinski definition) is 0. The summed E-state index contributed by atoms with van der Waals surface area (Å²) in [5, 5.41) is 4.66. The molecule has 0 atom stereocenters. The molecule has 2 aliphatic rings. The van der Waals surface area contributed by atoms with Crippen LogP contribution in [0.3, 0.4) is 0 Å². The second-order valence-corrected chi connectivity index (χ2v) is 17.0. The van der Waals surface area contributed by atoms with E-state index in [0.29, 0.717) is 17.5 Å². The fraction of sp³-hybridized carbons (Fsp3) is 0.0179. The average Bonchev–Trinajstić information content (AvgIpc) is 3.80. The largest absolute Gasteiger partial charge is 0.309 e. The zero-order valence-electron chi connectivity index (χ0n) is 32.8. The first kappa shape index (κ1) is 34.3. The zero-order chi connectivity index (χ0) is 40.1. The third kappa shape index (κ3) is 4.92. The molecule has 0 fully saturated rings. The van der Waals surface area contributed by atoms with Crippen LogP contribution >= 0.6 is 11.8 Å². The summed E-state index contributed by atoms with van der Waals surface area (Å²) in [6.45, 7) is 0. The predicted molar refractivity (Wildman–Crippen MR) is 249 cm³/mol. The van der Waals surface area contributed by atoms with Crippen molar-refractivity contribution in [2.24, 2.45) is 0 Å². The molecular formula is C56H34N4S. The number of fused-ring (bicyclic) bond motifs is 13. The molecule has 0 amide bonds. The Morgan fingerprint density at radius 1 is 0.344 bits per heavy atom. The van der Waals surface area contributed by atoms with Crippen molar-refractivity contribution in [1.82, 2.24) is 19.5 Å². The Bertz CT molecular complexity index is 3470. The molecule has 1 spiro atoms. The highest BCUT2D eigenvalue weighted by Crippen LogP contribution is 2.63. The Kier molecular flexibility index (Phi) is 7.42. The highest BCUT2D eigenvalue weighted by molar-refractivity contribution is 7.99. The maximum Gasteiger partial charge on any atom is 0.164 e. The van der Waals surface area contributed by atoms with Crippen LogP contribution in [0.1, 0.15) is 22.3 Å².